The van der Waals surface area contributed by atoms with Gasteiger partial charge in [0.1, 0.15) is 5.60 Å². The van der Waals surface area contributed by atoms with Gasteiger partial charge < -0.3 is 35.6 Å². The second-order valence-corrected chi connectivity index (χ2v) is 13.1. The summed E-state index contributed by atoms with van der Waals surface area (Å²) in [4.78, 5) is 40.6. The first-order valence-corrected chi connectivity index (χ1v) is 14.8. The molecular weight excluding hydrogens is 605 g/mol. The van der Waals surface area contributed by atoms with E-state index in [0.29, 0.717) is 31.9 Å². The van der Waals surface area contributed by atoms with Gasteiger partial charge in [0.25, 0.3) is 0 Å². The van der Waals surface area contributed by atoms with Crippen molar-refractivity contribution in [3.8, 4) is 11.3 Å². The Hall–Kier alpha value is -4.40. The van der Waals surface area contributed by atoms with Crippen molar-refractivity contribution in [2.75, 3.05) is 31.5 Å². The average Bonchev–Trinajstić information content (AvgIpc) is 2.90. The number of benzene rings is 1. The highest BCUT2D eigenvalue weighted by Crippen LogP contribution is 2.35. The molecule has 4 N–H and O–H groups in total. The molecule has 1 aromatic heterocycles. The van der Waals surface area contributed by atoms with Crippen LogP contribution >= 0.6 is 0 Å². The fourth-order valence-corrected chi connectivity index (χ4v) is 4.65. The maximum atomic E-state index is 14.1. The number of aromatic nitrogens is 2. The lowest BCUT2D eigenvalue weighted by molar-refractivity contribution is -0.138. The van der Waals surface area contributed by atoms with Crippen LogP contribution in [0.25, 0.3) is 11.3 Å². The SMILES string of the molecule is CC(C)(C)OC(=O)N1CC(N=CC(=CN)Nc2nccc(-c3ccc(CNC(=O)N4CC(OC(C)(C)C)C4)c(C(F)(F)F)c3)n2)C1. The molecule has 0 radical (unpaired) electrons. The number of alkyl halides is 3. The normalized spacial score (nSPS) is 16.7. The first kappa shape index (κ1) is 34.5. The summed E-state index contributed by atoms with van der Waals surface area (Å²) >= 11 is 0. The van der Waals surface area contributed by atoms with E-state index in [9.17, 15) is 22.8 Å². The Morgan fingerprint density at radius 2 is 1.74 bits per heavy atom. The van der Waals surface area contributed by atoms with E-state index in [1.165, 1.54) is 41.7 Å². The predicted octanol–water partition coefficient (Wildman–Crippen LogP) is 4.77. The molecule has 1 aromatic carbocycles. The maximum Gasteiger partial charge on any atom is 0.416 e. The number of aliphatic imine (C=N–C) groups is 1. The van der Waals surface area contributed by atoms with Crippen LogP contribution in [0.3, 0.4) is 0 Å². The molecule has 250 valence electrons. The van der Waals surface area contributed by atoms with Crippen molar-refractivity contribution >= 4 is 24.3 Å². The number of carbonyl (C=O) groups excluding carboxylic acids is 2. The summed E-state index contributed by atoms with van der Waals surface area (Å²) in [5, 5.41) is 5.49. The minimum Gasteiger partial charge on any atom is -0.444 e. The number of halogens is 3. The Kier molecular flexibility index (Phi) is 10.1. The zero-order chi connectivity index (χ0) is 33.9. The molecule has 0 atom stereocenters. The first-order valence-electron chi connectivity index (χ1n) is 14.8. The van der Waals surface area contributed by atoms with Gasteiger partial charge in [0.05, 0.1) is 47.8 Å². The molecule has 0 spiro atoms. The summed E-state index contributed by atoms with van der Waals surface area (Å²) in [5.41, 5.74) is 4.64. The van der Waals surface area contributed by atoms with Crippen LogP contribution in [0.4, 0.5) is 28.7 Å². The number of urea groups is 1. The third-order valence-electron chi connectivity index (χ3n) is 6.83. The van der Waals surface area contributed by atoms with E-state index in [0.717, 1.165) is 6.07 Å². The van der Waals surface area contributed by atoms with E-state index in [1.54, 1.807) is 25.7 Å². The van der Waals surface area contributed by atoms with Crippen LogP contribution in [0, 0.1) is 0 Å². The van der Waals surface area contributed by atoms with Gasteiger partial charge in [-0.05, 0) is 59.2 Å². The molecule has 2 aliphatic rings. The van der Waals surface area contributed by atoms with Crippen LogP contribution in [0.2, 0.25) is 0 Å². The summed E-state index contributed by atoms with van der Waals surface area (Å²) in [6.07, 6.45) is -1.03. The molecule has 0 unspecified atom stereocenters. The maximum absolute atomic E-state index is 14.1. The van der Waals surface area contributed by atoms with Gasteiger partial charge in [-0.2, -0.15) is 13.2 Å². The van der Waals surface area contributed by atoms with Crippen molar-refractivity contribution in [1.82, 2.24) is 25.1 Å². The Bertz CT molecular complexity index is 1470. The molecule has 2 aliphatic heterocycles. The van der Waals surface area contributed by atoms with Crippen molar-refractivity contribution in [2.45, 2.75) is 77.6 Å². The van der Waals surface area contributed by atoms with Crippen molar-refractivity contribution in [3.05, 3.63) is 53.5 Å². The minimum atomic E-state index is -4.67. The van der Waals surface area contributed by atoms with Gasteiger partial charge in [-0.25, -0.2) is 19.6 Å². The number of rotatable bonds is 8. The Balaban J connectivity index is 1.37. The molecule has 0 bridgehead atoms. The van der Waals surface area contributed by atoms with Crippen LogP contribution in [0.1, 0.15) is 52.7 Å². The van der Waals surface area contributed by atoms with E-state index in [4.69, 9.17) is 15.2 Å². The summed E-state index contributed by atoms with van der Waals surface area (Å²) in [6, 6.07) is 4.72. The number of amides is 3. The van der Waals surface area contributed by atoms with Gasteiger partial charge in [0.15, 0.2) is 0 Å². The van der Waals surface area contributed by atoms with E-state index >= 15 is 0 Å². The van der Waals surface area contributed by atoms with Gasteiger partial charge in [-0.15, -0.1) is 0 Å². The van der Waals surface area contributed by atoms with E-state index < -0.39 is 29.5 Å². The minimum absolute atomic E-state index is 0.0780. The molecule has 4 rings (SSSR count). The van der Waals surface area contributed by atoms with Crippen molar-refractivity contribution < 1.29 is 32.2 Å². The number of carbonyl (C=O) groups is 2. The molecule has 15 heteroatoms. The molecule has 0 saturated carbocycles. The molecule has 3 amide bonds. The van der Waals surface area contributed by atoms with Crippen molar-refractivity contribution in [3.63, 3.8) is 0 Å². The Morgan fingerprint density at radius 3 is 2.35 bits per heavy atom. The van der Waals surface area contributed by atoms with Gasteiger partial charge >= 0.3 is 18.3 Å². The highest BCUT2D eigenvalue weighted by molar-refractivity contribution is 5.82. The molecule has 2 aromatic rings. The zero-order valence-electron chi connectivity index (χ0n) is 26.8. The number of hydrogen-bond donors (Lipinski definition) is 3. The lowest BCUT2D eigenvalue weighted by Crippen LogP contribution is -2.59. The number of nitrogens with zero attached hydrogens (tertiary/aromatic N) is 5. The number of likely N-dealkylation sites (tertiary alicyclic amines) is 2. The topological polar surface area (TPSA) is 147 Å². The molecular formula is C31H41F3N8O4. The van der Waals surface area contributed by atoms with Crippen LogP contribution < -0.4 is 16.4 Å². The van der Waals surface area contributed by atoms with E-state index in [-0.39, 0.29) is 47.1 Å². The highest BCUT2D eigenvalue weighted by Gasteiger charge is 2.36. The Labute approximate surface area is 266 Å². The molecule has 46 heavy (non-hydrogen) atoms. The fourth-order valence-electron chi connectivity index (χ4n) is 4.65. The monoisotopic (exact) mass is 646 g/mol. The Morgan fingerprint density at radius 1 is 1.04 bits per heavy atom. The largest absolute Gasteiger partial charge is 0.444 e. The fraction of sp³-hybridized carbons (Fsp3) is 0.516. The van der Waals surface area contributed by atoms with Gasteiger partial charge in [0.2, 0.25) is 5.95 Å². The first-order chi connectivity index (χ1) is 21.4. The molecule has 2 saturated heterocycles. The van der Waals surface area contributed by atoms with Crippen LogP contribution in [-0.4, -0.2) is 87.6 Å². The highest BCUT2D eigenvalue weighted by atomic mass is 19.4. The zero-order valence-corrected chi connectivity index (χ0v) is 26.8. The quantitative estimate of drug-likeness (QED) is 0.348. The summed E-state index contributed by atoms with van der Waals surface area (Å²) in [5.74, 6) is 0.0952. The van der Waals surface area contributed by atoms with E-state index in [2.05, 4.69) is 25.6 Å². The lowest BCUT2D eigenvalue weighted by Gasteiger charge is -2.41. The van der Waals surface area contributed by atoms with E-state index in [1.807, 2.05) is 20.8 Å². The van der Waals surface area contributed by atoms with Gasteiger partial charge in [-0.1, -0.05) is 12.1 Å². The van der Waals surface area contributed by atoms with Gasteiger partial charge in [-0.3, -0.25) is 4.99 Å². The number of nitrogens with two attached hydrogens (primary N) is 1. The van der Waals surface area contributed by atoms with Gasteiger partial charge in [0, 0.05) is 43.8 Å². The smallest absolute Gasteiger partial charge is 0.416 e. The van der Waals surface area contributed by atoms with Crippen LogP contribution in [0.5, 0.6) is 0 Å². The number of anilines is 1. The number of nitrogens with one attached hydrogen (secondary N) is 2. The number of hydrogen-bond acceptors (Lipinski definition) is 9. The summed E-state index contributed by atoms with van der Waals surface area (Å²) in [7, 11) is 0. The molecule has 12 nitrogen and oxygen atoms in total. The number of ether oxygens (including phenoxy) is 2. The lowest BCUT2D eigenvalue weighted by atomic mass is 10.0. The van der Waals surface area contributed by atoms with Crippen molar-refractivity contribution in [1.29, 1.82) is 0 Å². The van der Waals surface area contributed by atoms with Crippen molar-refractivity contribution in [2.24, 2.45) is 10.7 Å². The molecule has 0 aliphatic carbocycles. The van der Waals surface area contributed by atoms with Crippen LogP contribution in [-0.2, 0) is 22.2 Å². The predicted molar refractivity (Wildman–Crippen MR) is 167 cm³/mol. The third-order valence-corrected chi connectivity index (χ3v) is 6.83. The summed E-state index contributed by atoms with van der Waals surface area (Å²) in [6.45, 7) is 12.4. The second-order valence-electron chi connectivity index (χ2n) is 13.1. The second kappa shape index (κ2) is 13.5. The molecule has 2 fully saturated rings. The third kappa shape index (κ3) is 9.55. The van der Waals surface area contributed by atoms with Crippen LogP contribution in [0.15, 0.2) is 47.4 Å². The standard InChI is InChI=1S/C31H41F3N8O4/c1-29(2,3)45-23-17-41(18-23)27(43)38-13-20-8-7-19(11-24(20)31(32,33)34)25-9-10-36-26(40-25)39-21(12-35)14-37-22-15-42(16-22)28(44)46-30(4,5)6/h7-12,14,22-23H,13,15-18,35H2,1-6H3,(H,38,43)(H,36,39,40). The average molecular weight is 647 g/mol. The summed E-state index contributed by atoms with van der Waals surface area (Å²) < 4.78 is 53.4. The molecule has 3 heterocycles. The number of allylic oxidation sites excluding steroid dienone is 1.